The molecule has 0 aliphatic rings. The number of nitrogens with zero attached hydrogens (tertiary/aromatic N) is 2. The number of benzene rings is 2. The van der Waals surface area contributed by atoms with Crippen LogP contribution in [0.2, 0.25) is 0 Å². The summed E-state index contributed by atoms with van der Waals surface area (Å²) in [5, 5.41) is 0. The van der Waals surface area contributed by atoms with Crippen LogP contribution in [0.1, 0.15) is 22.9 Å². The maximum Gasteiger partial charge on any atom is 0.417 e. The van der Waals surface area contributed by atoms with Gasteiger partial charge in [-0.3, -0.25) is 4.98 Å². The standard InChI is InChI=1S/C20H17F3N2O2S/c1-25(28(26,27)18-13-6-5-11-16(18)20(21,22)23)19(15-9-3-2-4-10-15)17-12-7-8-14-24-17/h2-14,19H,1H3. The molecule has 3 aromatic rings. The van der Waals surface area contributed by atoms with Gasteiger partial charge < -0.3 is 0 Å². The van der Waals surface area contributed by atoms with E-state index in [1.807, 2.05) is 0 Å². The molecule has 0 aliphatic carbocycles. The fourth-order valence-electron chi connectivity index (χ4n) is 2.96. The molecule has 0 saturated heterocycles. The van der Waals surface area contributed by atoms with Gasteiger partial charge in [-0.15, -0.1) is 0 Å². The van der Waals surface area contributed by atoms with Crippen LogP contribution in [0.15, 0.2) is 83.9 Å². The molecule has 0 spiro atoms. The van der Waals surface area contributed by atoms with Crippen LogP contribution in [0.25, 0.3) is 0 Å². The summed E-state index contributed by atoms with van der Waals surface area (Å²) in [6, 6.07) is 17.0. The van der Waals surface area contributed by atoms with Crippen molar-refractivity contribution in [1.82, 2.24) is 9.29 Å². The number of sulfonamides is 1. The van der Waals surface area contributed by atoms with Crippen molar-refractivity contribution < 1.29 is 21.6 Å². The normalized spacial score (nSPS) is 13.5. The molecule has 0 saturated carbocycles. The van der Waals surface area contributed by atoms with Crippen molar-refractivity contribution in [1.29, 1.82) is 0 Å². The molecule has 1 atom stereocenters. The molecular weight excluding hydrogens is 389 g/mol. The molecule has 2 aromatic carbocycles. The molecule has 0 radical (unpaired) electrons. The number of aromatic nitrogens is 1. The first kappa shape index (κ1) is 20.0. The summed E-state index contributed by atoms with van der Waals surface area (Å²) in [5.41, 5.74) is -0.198. The van der Waals surface area contributed by atoms with Crippen LogP contribution in [0.3, 0.4) is 0 Å². The number of pyridine rings is 1. The Morgan fingerprint density at radius 3 is 2.11 bits per heavy atom. The molecule has 1 aromatic heterocycles. The fourth-order valence-corrected chi connectivity index (χ4v) is 4.49. The van der Waals surface area contributed by atoms with Gasteiger partial charge in [0.2, 0.25) is 10.0 Å². The van der Waals surface area contributed by atoms with Crippen LogP contribution in [-0.2, 0) is 16.2 Å². The molecule has 0 amide bonds. The van der Waals surface area contributed by atoms with E-state index < -0.39 is 32.7 Å². The molecule has 1 heterocycles. The first-order valence-electron chi connectivity index (χ1n) is 8.33. The van der Waals surface area contributed by atoms with E-state index in [2.05, 4.69) is 4.98 Å². The molecule has 4 nitrogen and oxygen atoms in total. The highest BCUT2D eigenvalue weighted by molar-refractivity contribution is 7.89. The smallest absolute Gasteiger partial charge is 0.259 e. The Hall–Kier alpha value is -2.71. The predicted octanol–water partition coefficient (Wildman–Crippen LogP) is 4.51. The Kier molecular flexibility index (Phi) is 5.53. The van der Waals surface area contributed by atoms with Crippen LogP contribution in [-0.4, -0.2) is 24.8 Å². The number of rotatable bonds is 5. The quantitative estimate of drug-likeness (QED) is 0.626. The number of halogens is 3. The Balaban J connectivity index is 2.16. The van der Waals surface area contributed by atoms with Crippen molar-refractivity contribution >= 4 is 10.0 Å². The van der Waals surface area contributed by atoms with Crippen LogP contribution in [0, 0.1) is 0 Å². The van der Waals surface area contributed by atoms with Gasteiger partial charge >= 0.3 is 6.18 Å². The lowest BCUT2D eigenvalue weighted by Gasteiger charge is -2.28. The molecule has 0 fully saturated rings. The van der Waals surface area contributed by atoms with E-state index in [1.54, 1.807) is 48.5 Å². The van der Waals surface area contributed by atoms with Crippen LogP contribution >= 0.6 is 0 Å². The van der Waals surface area contributed by atoms with Crippen molar-refractivity contribution in [2.45, 2.75) is 17.1 Å². The highest BCUT2D eigenvalue weighted by atomic mass is 32.2. The first-order chi connectivity index (χ1) is 13.2. The van der Waals surface area contributed by atoms with Crippen molar-refractivity contribution in [2.75, 3.05) is 7.05 Å². The van der Waals surface area contributed by atoms with E-state index in [1.165, 1.54) is 19.3 Å². The van der Waals surface area contributed by atoms with E-state index in [0.717, 1.165) is 22.5 Å². The average molecular weight is 406 g/mol. The Labute approximate surface area is 161 Å². The van der Waals surface area contributed by atoms with Gasteiger partial charge in [-0.2, -0.15) is 17.5 Å². The summed E-state index contributed by atoms with van der Waals surface area (Å²) in [6.45, 7) is 0. The molecule has 1 unspecified atom stereocenters. The third kappa shape index (κ3) is 3.93. The zero-order chi connectivity index (χ0) is 20.4. The summed E-state index contributed by atoms with van der Waals surface area (Å²) in [5.74, 6) is 0. The lowest BCUT2D eigenvalue weighted by atomic mass is 10.0. The van der Waals surface area contributed by atoms with Crippen molar-refractivity contribution in [3.63, 3.8) is 0 Å². The van der Waals surface area contributed by atoms with Gasteiger partial charge in [0.15, 0.2) is 0 Å². The maximum atomic E-state index is 13.4. The van der Waals surface area contributed by atoms with E-state index in [0.29, 0.717) is 11.3 Å². The van der Waals surface area contributed by atoms with Crippen LogP contribution < -0.4 is 0 Å². The van der Waals surface area contributed by atoms with Crippen LogP contribution in [0.4, 0.5) is 13.2 Å². The van der Waals surface area contributed by atoms with Gasteiger partial charge in [0.25, 0.3) is 0 Å². The van der Waals surface area contributed by atoms with Gasteiger partial charge in [-0.05, 0) is 29.8 Å². The van der Waals surface area contributed by atoms with Crippen LogP contribution in [0.5, 0.6) is 0 Å². The molecular formula is C20H17F3N2O2S. The minimum Gasteiger partial charge on any atom is -0.259 e. The largest absolute Gasteiger partial charge is 0.417 e. The average Bonchev–Trinajstić information content (AvgIpc) is 2.69. The topological polar surface area (TPSA) is 50.3 Å². The van der Waals surface area contributed by atoms with E-state index >= 15 is 0 Å². The van der Waals surface area contributed by atoms with Crippen molar-refractivity contribution in [3.8, 4) is 0 Å². The van der Waals surface area contributed by atoms with Gasteiger partial charge in [0.1, 0.15) is 0 Å². The number of alkyl halides is 3. The molecule has 0 N–H and O–H groups in total. The van der Waals surface area contributed by atoms with E-state index in [9.17, 15) is 21.6 Å². The third-order valence-electron chi connectivity index (χ3n) is 4.30. The number of hydrogen-bond acceptors (Lipinski definition) is 3. The van der Waals surface area contributed by atoms with Gasteiger partial charge in [0, 0.05) is 13.2 Å². The Morgan fingerprint density at radius 1 is 0.893 bits per heavy atom. The summed E-state index contributed by atoms with van der Waals surface area (Å²) in [4.78, 5) is 3.44. The summed E-state index contributed by atoms with van der Waals surface area (Å²) < 4.78 is 67.5. The monoisotopic (exact) mass is 406 g/mol. The molecule has 28 heavy (non-hydrogen) atoms. The minimum atomic E-state index is -4.79. The predicted molar refractivity (Wildman–Crippen MR) is 98.9 cm³/mol. The lowest BCUT2D eigenvalue weighted by Crippen LogP contribution is -2.33. The molecule has 3 rings (SSSR count). The molecule has 146 valence electrons. The first-order valence-corrected chi connectivity index (χ1v) is 9.77. The lowest BCUT2D eigenvalue weighted by molar-refractivity contribution is -0.139. The zero-order valence-electron chi connectivity index (χ0n) is 14.8. The second kappa shape index (κ2) is 7.73. The third-order valence-corrected chi connectivity index (χ3v) is 6.18. The second-order valence-electron chi connectivity index (χ2n) is 6.08. The van der Waals surface area contributed by atoms with Gasteiger partial charge in [-0.1, -0.05) is 48.5 Å². The van der Waals surface area contributed by atoms with Crippen molar-refractivity contribution in [2.24, 2.45) is 0 Å². The van der Waals surface area contributed by atoms with E-state index in [4.69, 9.17) is 0 Å². The molecule has 0 bridgehead atoms. The zero-order valence-corrected chi connectivity index (χ0v) is 15.7. The van der Waals surface area contributed by atoms with Gasteiger partial charge in [-0.25, -0.2) is 8.42 Å². The molecule has 0 aliphatic heterocycles. The molecule has 8 heteroatoms. The maximum absolute atomic E-state index is 13.4. The Morgan fingerprint density at radius 2 is 1.50 bits per heavy atom. The highest BCUT2D eigenvalue weighted by Crippen LogP contribution is 2.37. The summed E-state index contributed by atoms with van der Waals surface area (Å²) in [7, 11) is -3.22. The van der Waals surface area contributed by atoms with E-state index in [-0.39, 0.29) is 0 Å². The Bertz CT molecular complexity index is 1000. The van der Waals surface area contributed by atoms with Crippen molar-refractivity contribution in [3.05, 3.63) is 95.8 Å². The fraction of sp³-hybridized carbons (Fsp3) is 0.150. The number of hydrogen-bond donors (Lipinski definition) is 0. The summed E-state index contributed by atoms with van der Waals surface area (Å²) >= 11 is 0. The van der Waals surface area contributed by atoms with Gasteiger partial charge in [0.05, 0.1) is 22.2 Å². The highest BCUT2D eigenvalue weighted by Gasteiger charge is 2.40. The summed E-state index contributed by atoms with van der Waals surface area (Å²) in [6.07, 6.45) is -3.28. The second-order valence-corrected chi connectivity index (χ2v) is 8.05. The minimum absolute atomic E-state index is 0.407. The SMILES string of the molecule is CN(C(c1ccccc1)c1ccccn1)S(=O)(=O)c1ccccc1C(F)(F)F.